The van der Waals surface area contributed by atoms with Gasteiger partial charge in [0.2, 0.25) is 5.16 Å². The average molecular weight is 403 g/mol. The number of carboxylic acid groups (broad SMARTS) is 1. The van der Waals surface area contributed by atoms with E-state index < -0.39 is 5.97 Å². The number of aliphatic carboxylic acids is 1. The van der Waals surface area contributed by atoms with Crippen LogP contribution in [0.4, 0.5) is 0 Å². The third-order valence-corrected chi connectivity index (χ3v) is 4.63. The van der Waals surface area contributed by atoms with Gasteiger partial charge < -0.3 is 9.84 Å². The predicted molar refractivity (Wildman–Crippen MR) is 105 cm³/mol. The zero-order valence-corrected chi connectivity index (χ0v) is 15.8. The lowest BCUT2D eigenvalue weighted by atomic mass is 10.2. The summed E-state index contributed by atoms with van der Waals surface area (Å²) in [6.45, 7) is 0. The van der Waals surface area contributed by atoms with E-state index in [1.165, 1.54) is 4.68 Å². The number of carboxylic acids is 1. The number of hydrogen-bond donors (Lipinski definition) is 1. The second kappa shape index (κ2) is 8.70. The molecule has 1 aromatic heterocycles. The van der Waals surface area contributed by atoms with E-state index in [9.17, 15) is 4.79 Å². The number of ether oxygens (including phenoxy) is 1. The molecule has 1 N–H and O–H groups in total. The quantitative estimate of drug-likeness (QED) is 0.479. The smallest absolute Gasteiger partial charge is 0.313 e. The molecule has 9 heteroatoms. The van der Waals surface area contributed by atoms with Crippen LogP contribution in [0.1, 0.15) is 5.56 Å². The van der Waals surface area contributed by atoms with Crippen molar-refractivity contribution >= 4 is 35.5 Å². The number of hydrogen-bond acceptors (Lipinski definition) is 6. The van der Waals surface area contributed by atoms with Crippen LogP contribution in [0, 0.1) is 0 Å². The van der Waals surface area contributed by atoms with Crippen molar-refractivity contribution in [3.8, 4) is 17.1 Å². The van der Waals surface area contributed by atoms with E-state index in [0.29, 0.717) is 16.0 Å². The fourth-order valence-electron chi connectivity index (χ4n) is 2.18. The Hall–Kier alpha value is -2.84. The van der Waals surface area contributed by atoms with Gasteiger partial charge in [-0.1, -0.05) is 23.4 Å². The summed E-state index contributed by atoms with van der Waals surface area (Å²) >= 11 is 6.99. The van der Waals surface area contributed by atoms with Gasteiger partial charge in [0.1, 0.15) is 5.75 Å². The van der Waals surface area contributed by atoms with Gasteiger partial charge in [-0.2, -0.15) is 9.78 Å². The molecule has 0 aliphatic carbocycles. The molecule has 0 radical (unpaired) electrons. The summed E-state index contributed by atoms with van der Waals surface area (Å²) < 4.78 is 6.66. The van der Waals surface area contributed by atoms with Gasteiger partial charge in [0, 0.05) is 10.6 Å². The maximum Gasteiger partial charge on any atom is 0.313 e. The number of thioether (sulfide) groups is 1. The van der Waals surface area contributed by atoms with E-state index in [-0.39, 0.29) is 5.75 Å². The van der Waals surface area contributed by atoms with Crippen molar-refractivity contribution in [3.63, 3.8) is 0 Å². The van der Waals surface area contributed by atoms with Crippen molar-refractivity contribution in [3.05, 3.63) is 59.1 Å². The van der Waals surface area contributed by atoms with Gasteiger partial charge >= 0.3 is 5.97 Å². The Morgan fingerprint density at radius 1 is 1.22 bits per heavy atom. The monoisotopic (exact) mass is 402 g/mol. The summed E-state index contributed by atoms with van der Waals surface area (Å²) in [5, 5.41) is 22.6. The van der Waals surface area contributed by atoms with Crippen LogP contribution in [-0.2, 0) is 4.79 Å². The molecule has 0 aliphatic rings. The lowest BCUT2D eigenvalue weighted by Gasteiger charge is -2.04. The molecule has 2 aromatic carbocycles. The Morgan fingerprint density at radius 2 is 1.93 bits per heavy atom. The first-order chi connectivity index (χ1) is 13.1. The van der Waals surface area contributed by atoms with Gasteiger partial charge in [0.15, 0.2) is 5.82 Å². The van der Waals surface area contributed by atoms with E-state index in [0.717, 1.165) is 28.6 Å². The largest absolute Gasteiger partial charge is 0.497 e. The highest BCUT2D eigenvalue weighted by Gasteiger charge is 2.15. The number of methoxy groups -OCH3 is 1. The van der Waals surface area contributed by atoms with Crippen LogP contribution in [0.3, 0.4) is 0 Å². The molecule has 7 nitrogen and oxygen atoms in total. The van der Waals surface area contributed by atoms with Crippen LogP contribution in [0.25, 0.3) is 11.4 Å². The summed E-state index contributed by atoms with van der Waals surface area (Å²) in [5.41, 5.74) is 1.61. The lowest BCUT2D eigenvalue weighted by molar-refractivity contribution is -0.133. The number of aromatic nitrogens is 3. The molecular weight excluding hydrogens is 388 g/mol. The molecule has 3 aromatic rings. The molecule has 138 valence electrons. The Morgan fingerprint density at radius 3 is 2.56 bits per heavy atom. The summed E-state index contributed by atoms with van der Waals surface area (Å²) in [5.74, 6) is 0.152. The van der Waals surface area contributed by atoms with E-state index in [4.69, 9.17) is 21.4 Å². The number of halogens is 1. The fourth-order valence-corrected chi connectivity index (χ4v) is 2.91. The molecule has 0 unspecified atom stereocenters. The Labute approximate surface area is 164 Å². The highest BCUT2D eigenvalue weighted by molar-refractivity contribution is 7.99. The first-order valence-electron chi connectivity index (χ1n) is 7.81. The number of rotatable bonds is 7. The first-order valence-corrected chi connectivity index (χ1v) is 9.17. The molecule has 27 heavy (non-hydrogen) atoms. The van der Waals surface area contributed by atoms with Crippen LogP contribution in [0.15, 0.2) is 58.8 Å². The number of benzene rings is 2. The maximum atomic E-state index is 10.9. The molecule has 0 saturated heterocycles. The van der Waals surface area contributed by atoms with Gasteiger partial charge in [-0.15, -0.1) is 10.2 Å². The van der Waals surface area contributed by atoms with E-state index in [1.807, 2.05) is 24.3 Å². The van der Waals surface area contributed by atoms with Crippen LogP contribution in [0.5, 0.6) is 5.75 Å². The third-order valence-electron chi connectivity index (χ3n) is 3.48. The Kier molecular flexibility index (Phi) is 6.10. The molecule has 0 fully saturated rings. The maximum absolute atomic E-state index is 10.9. The topological polar surface area (TPSA) is 89.6 Å². The highest BCUT2D eigenvalue weighted by Crippen LogP contribution is 2.25. The molecule has 3 rings (SSSR count). The standard InChI is InChI=1S/C18H15ClN4O3S/c1-26-15-8-2-12(3-9-15)10-20-23-17(13-4-6-14(19)7-5-13)21-22-18(23)27-11-16(24)25/h2-10H,11H2,1H3,(H,24,25)/b20-10+. The van der Waals surface area contributed by atoms with Crippen molar-refractivity contribution in [2.45, 2.75) is 5.16 Å². The summed E-state index contributed by atoms with van der Waals surface area (Å²) in [7, 11) is 1.60. The molecule has 0 spiro atoms. The molecule has 0 amide bonds. The summed E-state index contributed by atoms with van der Waals surface area (Å²) in [6.07, 6.45) is 1.65. The minimum atomic E-state index is -0.943. The van der Waals surface area contributed by atoms with Gasteiger partial charge in [-0.25, -0.2) is 0 Å². The Bertz CT molecular complexity index is 956. The molecule has 1 heterocycles. The van der Waals surface area contributed by atoms with Crippen molar-refractivity contribution in [1.82, 2.24) is 14.9 Å². The molecule has 0 aliphatic heterocycles. The zero-order chi connectivity index (χ0) is 19.2. The molecule has 0 bridgehead atoms. The molecular formula is C18H15ClN4O3S. The second-order valence-electron chi connectivity index (χ2n) is 5.33. The van der Waals surface area contributed by atoms with Gasteiger partial charge in [0.25, 0.3) is 0 Å². The SMILES string of the molecule is COc1ccc(/C=N/n2c(SCC(=O)O)nnc2-c2ccc(Cl)cc2)cc1. The van der Waals surface area contributed by atoms with Gasteiger partial charge in [-0.05, 0) is 54.1 Å². The summed E-state index contributed by atoms with van der Waals surface area (Å²) in [4.78, 5) is 10.9. The minimum absolute atomic E-state index is 0.142. The van der Waals surface area contributed by atoms with E-state index >= 15 is 0 Å². The van der Waals surface area contributed by atoms with Gasteiger partial charge in [-0.3, -0.25) is 4.79 Å². The Balaban J connectivity index is 1.95. The average Bonchev–Trinajstić information content (AvgIpc) is 3.08. The summed E-state index contributed by atoms with van der Waals surface area (Å²) in [6, 6.07) is 14.5. The highest BCUT2D eigenvalue weighted by atomic mass is 35.5. The predicted octanol–water partition coefficient (Wildman–Crippen LogP) is 3.67. The second-order valence-corrected chi connectivity index (χ2v) is 6.70. The van der Waals surface area contributed by atoms with Crippen LogP contribution in [-0.4, -0.2) is 45.0 Å². The normalized spacial score (nSPS) is 11.0. The fraction of sp³-hybridized carbons (Fsp3) is 0.111. The van der Waals surface area contributed by atoms with Crippen LogP contribution in [0.2, 0.25) is 5.02 Å². The van der Waals surface area contributed by atoms with Crippen LogP contribution < -0.4 is 4.74 Å². The third kappa shape index (κ3) is 4.87. The first kappa shape index (κ1) is 18.9. The van der Waals surface area contributed by atoms with Crippen molar-refractivity contribution < 1.29 is 14.6 Å². The minimum Gasteiger partial charge on any atom is -0.497 e. The van der Waals surface area contributed by atoms with Crippen LogP contribution >= 0.6 is 23.4 Å². The van der Waals surface area contributed by atoms with Crippen molar-refractivity contribution in [2.24, 2.45) is 5.10 Å². The molecule has 0 atom stereocenters. The number of carbonyl (C=O) groups is 1. The van der Waals surface area contributed by atoms with E-state index in [2.05, 4.69) is 15.3 Å². The zero-order valence-electron chi connectivity index (χ0n) is 14.2. The van der Waals surface area contributed by atoms with Crippen molar-refractivity contribution in [2.75, 3.05) is 12.9 Å². The molecule has 0 saturated carbocycles. The van der Waals surface area contributed by atoms with Crippen molar-refractivity contribution in [1.29, 1.82) is 0 Å². The number of nitrogens with zero attached hydrogens (tertiary/aromatic N) is 4. The van der Waals surface area contributed by atoms with Gasteiger partial charge in [0.05, 0.1) is 19.1 Å². The lowest BCUT2D eigenvalue weighted by Crippen LogP contribution is -2.01. The van der Waals surface area contributed by atoms with E-state index in [1.54, 1.807) is 37.6 Å².